The van der Waals surface area contributed by atoms with Crippen LogP contribution in [-0.4, -0.2) is 35.7 Å². The molecule has 3 aromatic rings. The highest BCUT2D eigenvalue weighted by Gasteiger charge is 2.36. The Hall–Kier alpha value is -3.75. The highest BCUT2D eigenvalue weighted by atomic mass is 35.5. The molecule has 4 rings (SSSR count). The van der Waals surface area contributed by atoms with Crippen LogP contribution in [0.1, 0.15) is 22.0 Å². The Morgan fingerprint density at radius 1 is 1.18 bits per heavy atom. The van der Waals surface area contributed by atoms with Gasteiger partial charge in [0.2, 0.25) is 0 Å². The van der Waals surface area contributed by atoms with Gasteiger partial charge in [0.1, 0.15) is 11.9 Å². The van der Waals surface area contributed by atoms with Crippen LogP contribution in [0.15, 0.2) is 71.7 Å². The van der Waals surface area contributed by atoms with Crippen LogP contribution in [0.2, 0.25) is 5.02 Å². The molecule has 0 aliphatic carbocycles. The summed E-state index contributed by atoms with van der Waals surface area (Å²) in [5.41, 5.74) is 4.74. The Bertz CT molecular complexity index is 1200. The van der Waals surface area contributed by atoms with Crippen molar-refractivity contribution in [2.45, 2.75) is 6.10 Å². The minimum Gasteiger partial charge on any atom is -0.504 e. The van der Waals surface area contributed by atoms with Crippen molar-refractivity contribution in [1.29, 1.82) is 0 Å². The number of ether oxygens (including phenoxy) is 1. The largest absolute Gasteiger partial charge is 0.504 e. The SMILES string of the molecule is COc1cc(C2ONC(=Nc3ccccc3C(=O)O)C2CNc2ccccc2Cl)ccc1O. The molecule has 1 heterocycles. The van der Waals surface area contributed by atoms with E-state index in [2.05, 4.69) is 15.8 Å². The van der Waals surface area contributed by atoms with Crippen LogP contribution in [0, 0.1) is 5.92 Å². The number of methoxy groups -OCH3 is 1. The van der Waals surface area contributed by atoms with Crippen molar-refractivity contribution in [2.24, 2.45) is 10.9 Å². The average Bonchev–Trinajstić information content (AvgIpc) is 3.21. The number of aliphatic imine (C=N–C) groups is 1. The molecular formula is C24H22ClN3O5. The zero-order valence-corrected chi connectivity index (χ0v) is 18.4. The summed E-state index contributed by atoms with van der Waals surface area (Å²) in [6.07, 6.45) is -0.495. The Morgan fingerprint density at radius 3 is 2.70 bits per heavy atom. The van der Waals surface area contributed by atoms with Gasteiger partial charge in [-0.3, -0.25) is 10.3 Å². The molecule has 0 radical (unpaired) electrons. The number of benzene rings is 3. The standard InChI is InChI=1S/C24H22ClN3O5/c1-32-21-12-14(10-11-20(21)29)22-16(13-26-19-9-5-3-7-17(19)25)23(28-33-22)27-18-8-4-2-6-15(18)24(30)31/h2-12,16,22,26,29H,13H2,1H3,(H,27,28)(H,30,31). The van der Waals surface area contributed by atoms with E-state index >= 15 is 0 Å². The van der Waals surface area contributed by atoms with Gasteiger partial charge >= 0.3 is 5.97 Å². The van der Waals surface area contributed by atoms with E-state index in [1.807, 2.05) is 18.2 Å². The molecule has 0 aromatic heterocycles. The Kier molecular flexibility index (Phi) is 6.67. The quantitative estimate of drug-likeness (QED) is 0.395. The van der Waals surface area contributed by atoms with Gasteiger partial charge in [0.15, 0.2) is 11.5 Å². The number of amidine groups is 1. The Labute approximate surface area is 195 Å². The number of rotatable bonds is 7. The van der Waals surface area contributed by atoms with Crippen LogP contribution in [0.3, 0.4) is 0 Å². The number of carboxylic acids is 1. The lowest BCUT2D eigenvalue weighted by Crippen LogP contribution is -2.26. The highest BCUT2D eigenvalue weighted by Crippen LogP contribution is 2.37. The second-order valence-corrected chi connectivity index (χ2v) is 7.77. The minimum absolute atomic E-state index is 0.0159. The third-order valence-electron chi connectivity index (χ3n) is 5.30. The summed E-state index contributed by atoms with van der Waals surface area (Å²) in [5.74, 6) is -0.616. The van der Waals surface area contributed by atoms with Crippen LogP contribution in [0.25, 0.3) is 0 Å². The minimum atomic E-state index is -1.07. The molecule has 0 saturated carbocycles. The molecule has 9 heteroatoms. The maximum atomic E-state index is 11.6. The van der Waals surface area contributed by atoms with Gasteiger partial charge in [-0.05, 0) is 42.0 Å². The Balaban J connectivity index is 1.70. The highest BCUT2D eigenvalue weighted by molar-refractivity contribution is 6.33. The molecule has 0 bridgehead atoms. The van der Waals surface area contributed by atoms with E-state index in [0.717, 1.165) is 11.3 Å². The number of hydroxylamine groups is 1. The van der Waals surface area contributed by atoms with E-state index < -0.39 is 12.1 Å². The second-order valence-electron chi connectivity index (χ2n) is 7.36. The first kappa shape index (κ1) is 22.4. The molecule has 4 N–H and O–H groups in total. The number of hydrogen-bond donors (Lipinski definition) is 4. The summed E-state index contributed by atoms with van der Waals surface area (Å²) in [6, 6.07) is 18.8. The molecule has 0 amide bonds. The molecule has 170 valence electrons. The van der Waals surface area contributed by atoms with Crippen LogP contribution in [0.5, 0.6) is 11.5 Å². The van der Waals surface area contributed by atoms with Gasteiger partial charge in [-0.25, -0.2) is 9.79 Å². The summed E-state index contributed by atoms with van der Waals surface area (Å²) >= 11 is 6.29. The third kappa shape index (κ3) is 4.87. The molecule has 33 heavy (non-hydrogen) atoms. The predicted molar refractivity (Wildman–Crippen MR) is 126 cm³/mol. The monoisotopic (exact) mass is 467 g/mol. The molecule has 1 aliphatic rings. The maximum Gasteiger partial charge on any atom is 0.337 e. The number of carbonyl (C=O) groups is 1. The number of anilines is 1. The van der Waals surface area contributed by atoms with Gasteiger partial charge in [-0.2, -0.15) is 0 Å². The molecule has 0 spiro atoms. The topological polar surface area (TPSA) is 112 Å². The van der Waals surface area contributed by atoms with Crippen LogP contribution in [-0.2, 0) is 4.84 Å². The van der Waals surface area contributed by atoms with Gasteiger partial charge in [0, 0.05) is 6.54 Å². The van der Waals surface area contributed by atoms with Crippen molar-refractivity contribution < 1.29 is 24.6 Å². The number of carboxylic acid groups (broad SMARTS) is 1. The number of para-hydroxylation sites is 2. The first-order valence-electron chi connectivity index (χ1n) is 10.2. The molecule has 1 saturated heterocycles. The van der Waals surface area contributed by atoms with Crippen LogP contribution in [0.4, 0.5) is 11.4 Å². The number of halogens is 1. The molecule has 2 atom stereocenters. The van der Waals surface area contributed by atoms with Crippen molar-refractivity contribution in [3.63, 3.8) is 0 Å². The molecule has 2 unspecified atom stereocenters. The first-order valence-corrected chi connectivity index (χ1v) is 10.5. The lowest BCUT2D eigenvalue weighted by molar-refractivity contribution is 0.0294. The average molecular weight is 468 g/mol. The number of aromatic carboxylic acids is 1. The van der Waals surface area contributed by atoms with E-state index in [0.29, 0.717) is 28.8 Å². The maximum absolute atomic E-state index is 11.6. The van der Waals surface area contributed by atoms with Gasteiger partial charge in [-0.15, -0.1) is 0 Å². The number of phenols is 1. The number of nitrogens with zero attached hydrogens (tertiary/aromatic N) is 1. The van der Waals surface area contributed by atoms with E-state index in [9.17, 15) is 15.0 Å². The lowest BCUT2D eigenvalue weighted by Gasteiger charge is -2.19. The molecular weight excluding hydrogens is 446 g/mol. The van der Waals surface area contributed by atoms with E-state index in [4.69, 9.17) is 21.2 Å². The zero-order valence-electron chi connectivity index (χ0n) is 17.7. The van der Waals surface area contributed by atoms with Crippen molar-refractivity contribution in [3.05, 3.63) is 82.9 Å². The van der Waals surface area contributed by atoms with Gasteiger partial charge in [0.05, 0.1) is 35.0 Å². The number of phenolic OH excluding ortho intramolecular Hbond substituents is 1. The molecule has 1 aliphatic heterocycles. The number of hydrogen-bond acceptors (Lipinski definition) is 6. The summed E-state index contributed by atoms with van der Waals surface area (Å²) in [4.78, 5) is 22.1. The van der Waals surface area contributed by atoms with Gasteiger partial charge in [0.25, 0.3) is 0 Å². The number of nitrogens with one attached hydrogen (secondary N) is 2. The zero-order chi connectivity index (χ0) is 23.4. The van der Waals surface area contributed by atoms with Gasteiger partial charge in [-0.1, -0.05) is 41.9 Å². The number of aromatic hydroxyl groups is 1. The molecule has 1 fully saturated rings. The second kappa shape index (κ2) is 9.81. The van der Waals surface area contributed by atoms with E-state index in [-0.39, 0.29) is 17.2 Å². The fourth-order valence-corrected chi connectivity index (χ4v) is 3.81. The lowest BCUT2D eigenvalue weighted by atomic mass is 9.94. The van der Waals surface area contributed by atoms with E-state index in [1.54, 1.807) is 36.4 Å². The molecule has 8 nitrogen and oxygen atoms in total. The smallest absolute Gasteiger partial charge is 0.337 e. The van der Waals surface area contributed by atoms with Crippen LogP contribution >= 0.6 is 11.6 Å². The van der Waals surface area contributed by atoms with Crippen LogP contribution < -0.4 is 15.5 Å². The van der Waals surface area contributed by atoms with Crippen molar-refractivity contribution in [2.75, 3.05) is 19.0 Å². The first-order chi connectivity index (χ1) is 16.0. The summed E-state index contributed by atoms with van der Waals surface area (Å²) in [5, 5.41) is 23.4. The Morgan fingerprint density at radius 2 is 1.94 bits per heavy atom. The predicted octanol–water partition coefficient (Wildman–Crippen LogP) is 4.79. The van der Waals surface area contributed by atoms with Crippen molar-refractivity contribution in [3.8, 4) is 11.5 Å². The third-order valence-corrected chi connectivity index (χ3v) is 5.63. The fraction of sp³-hybridized carbons (Fsp3) is 0.167. The van der Waals surface area contributed by atoms with Crippen molar-refractivity contribution >= 4 is 34.8 Å². The molecule has 3 aromatic carbocycles. The summed E-state index contributed by atoms with van der Waals surface area (Å²) in [7, 11) is 1.47. The fourth-order valence-electron chi connectivity index (χ4n) is 3.61. The van der Waals surface area contributed by atoms with Crippen molar-refractivity contribution in [1.82, 2.24) is 5.48 Å². The summed E-state index contributed by atoms with van der Waals surface area (Å²) in [6.45, 7) is 0.388. The summed E-state index contributed by atoms with van der Waals surface area (Å²) < 4.78 is 5.24. The van der Waals surface area contributed by atoms with E-state index in [1.165, 1.54) is 19.2 Å². The normalized spacial score (nSPS) is 18.7. The van der Waals surface area contributed by atoms with Gasteiger partial charge < -0.3 is 20.3 Å².